The molecule has 8 heteroatoms. The Morgan fingerprint density at radius 2 is 0.662 bits per heavy atom. The van der Waals surface area contributed by atoms with Gasteiger partial charge >= 0.3 is 0 Å². The molecule has 7 heterocycles. The number of anilines is 9. The summed E-state index contributed by atoms with van der Waals surface area (Å²) in [5, 5.41) is 0. The van der Waals surface area contributed by atoms with Crippen molar-refractivity contribution in [1.82, 2.24) is 0 Å². The van der Waals surface area contributed by atoms with E-state index in [1.54, 1.807) is 0 Å². The molecule has 9 aromatic carbocycles. The minimum absolute atomic E-state index is 0.00504. The largest absolute Gasteiger partial charge is 0.312 e. The highest BCUT2D eigenvalue weighted by atomic mass is 32.2. The first-order chi connectivity index (χ1) is 34.8. The van der Waals surface area contributed by atoms with E-state index in [1.165, 1.54) is 143 Å². The van der Waals surface area contributed by atoms with Gasteiger partial charge in [-0.3, -0.25) is 0 Å². The molecule has 0 radical (unpaired) electrons. The average molecular weight is 923 g/mol. The van der Waals surface area contributed by atoms with E-state index in [0.717, 1.165) is 0 Å². The first-order valence-electron chi connectivity index (χ1n) is 26.0. The summed E-state index contributed by atoms with van der Waals surface area (Å²) in [6, 6.07) is 66.6. The van der Waals surface area contributed by atoms with E-state index in [4.69, 9.17) is 0 Å². The van der Waals surface area contributed by atoms with Crippen molar-refractivity contribution < 1.29 is 0 Å². The molecular weight excluding hydrogens is 874 g/mol. The molecule has 0 spiro atoms. The van der Waals surface area contributed by atoms with Crippen LogP contribution in [-0.2, 0) is 0 Å². The van der Waals surface area contributed by atoms with Crippen molar-refractivity contribution in [2.45, 2.75) is 69.1 Å². The Morgan fingerprint density at radius 3 is 1.07 bits per heavy atom. The van der Waals surface area contributed by atoms with Crippen molar-refractivity contribution in [3.8, 4) is 0 Å². The quantitative estimate of drug-likeness (QED) is 0.166. The summed E-state index contributed by atoms with van der Waals surface area (Å²) in [6.07, 6.45) is 0. The van der Waals surface area contributed by atoms with Gasteiger partial charge in [0, 0.05) is 61.0 Å². The van der Waals surface area contributed by atoms with Gasteiger partial charge in [-0.2, -0.15) is 0 Å². The van der Waals surface area contributed by atoms with Crippen LogP contribution in [0, 0.1) is 0 Å². The summed E-state index contributed by atoms with van der Waals surface area (Å²) in [4.78, 5) is 10.8. The minimum Gasteiger partial charge on any atom is -0.312 e. The molecule has 0 unspecified atom stereocenters. The topological polar surface area (TPSA) is 9.72 Å². The highest BCUT2D eigenvalue weighted by Gasteiger charge is 2.57. The van der Waals surface area contributed by atoms with Crippen molar-refractivity contribution in [3.63, 3.8) is 0 Å². The third-order valence-electron chi connectivity index (χ3n) is 17.4. The van der Waals surface area contributed by atoms with Crippen LogP contribution in [0.1, 0.15) is 76.0 Å². The van der Waals surface area contributed by atoms with Gasteiger partial charge in [0.1, 0.15) is 0 Å². The van der Waals surface area contributed by atoms with Gasteiger partial charge in [0.25, 0.3) is 20.1 Å². The van der Waals surface area contributed by atoms with Crippen molar-refractivity contribution >= 4 is 155 Å². The molecule has 0 saturated heterocycles. The standard InChI is InChI=1S/C63H49B4N3S/c1-35(2)38-31-39(36(3)4)57(40(32-38)37(5)6)67-46-24-12-18-30-55(46)71-56-34-54-47(33-48(56)67)66-45-23-11-16-28-52(45)69-51-27-15-8-20-42(51)64-41-19-7-13-25-49(41)68-50-26-14-9-21-43(50)65-44-22-10-17-29-53(44)70(54)63-59(65)61(68)58(64)62(69)60(63)66/h7-37H,1-6H3. The van der Waals surface area contributed by atoms with E-state index in [0.29, 0.717) is 17.8 Å². The average Bonchev–Trinajstić information content (AvgIpc) is 3.42. The summed E-state index contributed by atoms with van der Waals surface area (Å²) in [5.74, 6) is 1.18. The molecule has 0 N–H and O–H groups in total. The maximum atomic E-state index is 2.75. The fraction of sp³-hybridized carbons (Fsp3) is 0.143. The van der Waals surface area contributed by atoms with Crippen LogP contribution in [0.2, 0.25) is 0 Å². The highest BCUT2D eigenvalue weighted by Crippen LogP contribution is 2.51. The summed E-state index contributed by atoms with van der Waals surface area (Å²) in [5.41, 5.74) is 33.3. The monoisotopic (exact) mass is 923 g/mol. The predicted molar refractivity (Wildman–Crippen MR) is 308 cm³/mol. The van der Waals surface area contributed by atoms with E-state index >= 15 is 0 Å². The summed E-state index contributed by atoms with van der Waals surface area (Å²) in [7, 11) is 0. The van der Waals surface area contributed by atoms with Gasteiger partial charge in [-0.05, 0) is 126 Å². The Hall–Kier alpha value is -7.01. The summed E-state index contributed by atoms with van der Waals surface area (Å²) in [6.45, 7) is 14.6. The minimum atomic E-state index is 0.00504. The number of fused-ring (bicyclic) bond motifs is 20. The molecule has 0 amide bonds. The number of benzene rings is 9. The van der Waals surface area contributed by atoms with Crippen LogP contribution in [0.4, 0.5) is 51.2 Å². The molecule has 9 aromatic rings. The first-order valence-corrected chi connectivity index (χ1v) is 26.8. The van der Waals surface area contributed by atoms with Gasteiger partial charge in [-0.15, -0.1) is 0 Å². The van der Waals surface area contributed by atoms with E-state index in [9.17, 15) is 0 Å². The SMILES string of the molecule is CC(C)c1cc(C(C)C)c(B2c3ccccc3Sc3cc4c(cc32)B2c3ccccc3N3c5ccccc5B5c6ccccc6N6c7ccccc7B7c8ccccc8N4c4c7c6c5c3c42)c(C(C)C)c1. The maximum Gasteiger partial charge on any atom is 0.252 e. The third-order valence-corrected chi connectivity index (χ3v) is 18.6. The molecule has 0 bridgehead atoms. The van der Waals surface area contributed by atoms with E-state index < -0.39 is 0 Å². The lowest BCUT2D eigenvalue weighted by Gasteiger charge is -2.55. The van der Waals surface area contributed by atoms with Gasteiger partial charge in [-0.1, -0.05) is 197 Å². The van der Waals surface area contributed by atoms with Crippen LogP contribution in [0.5, 0.6) is 0 Å². The van der Waals surface area contributed by atoms with E-state index in [-0.39, 0.29) is 26.9 Å². The fourth-order valence-electron chi connectivity index (χ4n) is 14.6. The molecule has 0 fully saturated rings. The zero-order valence-corrected chi connectivity index (χ0v) is 41.8. The van der Waals surface area contributed by atoms with E-state index in [1.807, 2.05) is 11.8 Å². The molecule has 7 aliphatic rings. The molecule has 0 aliphatic carbocycles. The predicted octanol–water partition coefficient (Wildman–Crippen LogP) is 7.88. The van der Waals surface area contributed by atoms with E-state index in [2.05, 4.69) is 226 Å². The second-order valence-corrected chi connectivity index (χ2v) is 23.1. The van der Waals surface area contributed by atoms with Crippen molar-refractivity contribution in [2.75, 3.05) is 14.7 Å². The van der Waals surface area contributed by atoms with Crippen molar-refractivity contribution in [2.24, 2.45) is 0 Å². The Balaban J connectivity index is 1.07. The second-order valence-electron chi connectivity index (χ2n) is 22.0. The van der Waals surface area contributed by atoms with Gasteiger partial charge < -0.3 is 14.7 Å². The molecule has 334 valence electrons. The van der Waals surface area contributed by atoms with Crippen LogP contribution < -0.4 is 80.3 Å². The number of nitrogens with zero attached hydrogens (tertiary/aromatic N) is 3. The Kier molecular flexibility index (Phi) is 8.21. The van der Waals surface area contributed by atoms with Crippen LogP contribution in [0.3, 0.4) is 0 Å². The zero-order chi connectivity index (χ0) is 47.3. The molecule has 71 heavy (non-hydrogen) atoms. The Labute approximate surface area is 423 Å². The zero-order valence-electron chi connectivity index (χ0n) is 41.0. The summed E-state index contributed by atoms with van der Waals surface area (Å²) < 4.78 is 0. The lowest BCUT2D eigenvalue weighted by molar-refractivity contribution is 0.812. The number of rotatable bonds is 4. The first kappa shape index (κ1) is 40.7. The second kappa shape index (κ2) is 14.3. The van der Waals surface area contributed by atoms with Crippen LogP contribution in [0.25, 0.3) is 0 Å². The Bertz CT molecular complexity index is 3830. The van der Waals surface area contributed by atoms with Gasteiger partial charge in [0.05, 0.1) is 0 Å². The number of hydrogen-bond donors (Lipinski definition) is 0. The van der Waals surface area contributed by atoms with Crippen LogP contribution in [0.15, 0.2) is 180 Å². The van der Waals surface area contributed by atoms with Crippen LogP contribution in [-0.4, -0.2) is 26.9 Å². The lowest BCUT2D eigenvalue weighted by atomic mass is 9.24. The molecule has 7 aliphatic heterocycles. The summed E-state index contributed by atoms with van der Waals surface area (Å²) >= 11 is 1.98. The molecule has 0 saturated carbocycles. The number of para-hydroxylation sites is 5. The third kappa shape index (κ3) is 5.07. The molecule has 0 atom stereocenters. The van der Waals surface area contributed by atoms with Crippen molar-refractivity contribution in [1.29, 1.82) is 0 Å². The smallest absolute Gasteiger partial charge is 0.252 e. The number of hydrogen-bond acceptors (Lipinski definition) is 4. The van der Waals surface area contributed by atoms with Gasteiger partial charge in [-0.25, -0.2) is 0 Å². The maximum absolute atomic E-state index is 2.75. The Morgan fingerprint density at radius 1 is 0.310 bits per heavy atom. The molecule has 3 nitrogen and oxygen atoms in total. The normalized spacial score (nSPS) is 15.0. The fourth-order valence-corrected chi connectivity index (χ4v) is 15.8. The molecule has 0 aromatic heterocycles. The lowest BCUT2D eigenvalue weighted by Crippen LogP contribution is -2.75. The van der Waals surface area contributed by atoms with Gasteiger partial charge in [0.15, 0.2) is 0 Å². The highest BCUT2D eigenvalue weighted by molar-refractivity contribution is 8.00. The van der Waals surface area contributed by atoms with Gasteiger partial charge in [0.2, 0.25) is 6.71 Å². The molecular formula is C63H49B4N3S. The van der Waals surface area contributed by atoms with Crippen molar-refractivity contribution in [3.05, 3.63) is 187 Å². The molecule has 16 rings (SSSR count). The van der Waals surface area contributed by atoms with Crippen LogP contribution >= 0.6 is 11.8 Å².